The molecule has 10 nitrogen and oxygen atoms in total. The number of rotatable bonds is 13. The third-order valence-corrected chi connectivity index (χ3v) is 10.8. The zero-order chi connectivity index (χ0) is 35.5. The highest BCUT2D eigenvalue weighted by Crippen LogP contribution is 2.38. The van der Waals surface area contributed by atoms with Crippen molar-refractivity contribution in [1.29, 1.82) is 0 Å². The number of nitrogens with one attached hydrogen (secondary N) is 1. The highest BCUT2D eigenvalue weighted by Gasteiger charge is 2.41. The van der Waals surface area contributed by atoms with E-state index in [4.69, 9.17) is 9.47 Å². The van der Waals surface area contributed by atoms with E-state index in [-0.39, 0.29) is 43.0 Å². The molecule has 4 heterocycles. The van der Waals surface area contributed by atoms with Crippen molar-refractivity contribution in [2.45, 2.75) is 82.8 Å². The van der Waals surface area contributed by atoms with E-state index in [1.807, 2.05) is 42.5 Å². The second kappa shape index (κ2) is 15.2. The molecule has 2 saturated heterocycles. The molecule has 1 unspecified atom stereocenters. The van der Waals surface area contributed by atoms with Crippen molar-refractivity contribution in [3.05, 3.63) is 88.2 Å². The molecule has 11 heteroatoms. The number of amides is 4. The first-order chi connectivity index (χ1) is 24.8. The smallest absolute Gasteiger partial charge is 0.258 e. The molecule has 7 rings (SSSR count). The molecule has 0 aliphatic carbocycles. The van der Waals surface area contributed by atoms with Crippen molar-refractivity contribution in [1.82, 2.24) is 15.1 Å². The van der Waals surface area contributed by atoms with Crippen LogP contribution in [-0.2, 0) is 22.7 Å². The number of carbonyl (C=O) groups is 4. The van der Waals surface area contributed by atoms with Crippen LogP contribution in [-0.4, -0.2) is 72.8 Å². The molecule has 4 aliphatic rings. The van der Waals surface area contributed by atoms with Crippen molar-refractivity contribution in [2.75, 3.05) is 38.3 Å². The summed E-state index contributed by atoms with van der Waals surface area (Å²) in [5, 5.41) is 2.33. The van der Waals surface area contributed by atoms with Gasteiger partial charge >= 0.3 is 0 Å². The van der Waals surface area contributed by atoms with Crippen LogP contribution in [0.4, 0.5) is 10.1 Å². The minimum absolute atomic E-state index is 0.00128. The van der Waals surface area contributed by atoms with Crippen LogP contribution < -0.4 is 19.7 Å². The quantitative estimate of drug-likeness (QED) is 0.174. The molecule has 0 spiro atoms. The lowest BCUT2D eigenvalue weighted by atomic mass is 9.85. The van der Waals surface area contributed by atoms with Crippen molar-refractivity contribution in [2.24, 2.45) is 0 Å². The van der Waals surface area contributed by atoms with Crippen molar-refractivity contribution in [3.63, 3.8) is 0 Å². The van der Waals surface area contributed by atoms with Crippen LogP contribution >= 0.6 is 0 Å². The summed E-state index contributed by atoms with van der Waals surface area (Å²) in [7, 11) is 1.62. The summed E-state index contributed by atoms with van der Waals surface area (Å²) in [6, 6.07) is 15.5. The van der Waals surface area contributed by atoms with Crippen molar-refractivity contribution < 1.29 is 33.0 Å². The minimum Gasteiger partial charge on any atom is -0.493 e. The summed E-state index contributed by atoms with van der Waals surface area (Å²) in [4.78, 5) is 56.1. The maximum atomic E-state index is 14.8. The highest BCUT2D eigenvalue weighted by molar-refractivity contribution is 6.10. The van der Waals surface area contributed by atoms with E-state index in [0.29, 0.717) is 30.2 Å². The molecule has 0 radical (unpaired) electrons. The fraction of sp³-hybridized carbons (Fsp3) is 0.450. The van der Waals surface area contributed by atoms with E-state index < -0.39 is 17.8 Å². The molecule has 0 saturated carbocycles. The van der Waals surface area contributed by atoms with E-state index in [9.17, 15) is 23.6 Å². The fourth-order valence-electron chi connectivity index (χ4n) is 8.04. The number of likely N-dealkylation sites (tertiary alicyclic amines) is 1. The SMILES string of the molecule is COc1ccc(N2Cc3ccccc3C2=O)cc1OCCCCCCCN1CCC(c2cc(F)cc3c2CN(C2CCC(=O)NC2=O)C3=O)CC1. The van der Waals surface area contributed by atoms with Crippen LogP contribution in [0.15, 0.2) is 54.6 Å². The molecule has 0 bridgehead atoms. The molecule has 3 aromatic rings. The number of carbonyl (C=O) groups excluding carboxylic acids is 4. The van der Waals surface area contributed by atoms with Gasteiger partial charge in [-0.15, -0.1) is 0 Å². The number of unbranched alkanes of at least 4 members (excludes halogenated alkanes) is 4. The number of anilines is 1. The number of nitrogens with zero attached hydrogens (tertiary/aromatic N) is 3. The second-order valence-corrected chi connectivity index (χ2v) is 14.0. The maximum Gasteiger partial charge on any atom is 0.258 e. The molecule has 4 amide bonds. The largest absolute Gasteiger partial charge is 0.493 e. The lowest BCUT2D eigenvalue weighted by Gasteiger charge is -2.33. The zero-order valence-electron chi connectivity index (χ0n) is 29.1. The normalized spacial score (nSPS) is 19.4. The number of methoxy groups -OCH3 is 1. The Morgan fingerprint density at radius 3 is 2.39 bits per heavy atom. The number of ether oxygens (including phenoxy) is 2. The predicted octanol–water partition coefficient (Wildman–Crippen LogP) is 5.96. The molecule has 51 heavy (non-hydrogen) atoms. The highest BCUT2D eigenvalue weighted by atomic mass is 19.1. The minimum atomic E-state index is -0.708. The first-order valence-corrected chi connectivity index (χ1v) is 18.2. The predicted molar refractivity (Wildman–Crippen MR) is 189 cm³/mol. The Balaban J connectivity index is 0.823. The Kier molecular flexibility index (Phi) is 10.4. The molecule has 0 aromatic heterocycles. The van der Waals surface area contributed by atoms with Gasteiger partial charge in [0.1, 0.15) is 11.9 Å². The van der Waals surface area contributed by atoms with Gasteiger partial charge in [-0.2, -0.15) is 0 Å². The first kappa shape index (κ1) is 34.7. The summed E-state index contributed by atoms with van der Waals surface area (Å²) in [6.07, 6.45) is 7.60. The number of fused-ring (bicyclic) bond motifs is 2. The maximum absolute atomic E-state index is 14.8. The summed E-state index contributed by atoms with van der Waals surface area (Å²) < 4.78 is 26.4. The number of piperidine rings is 2. The van der Waals surface area contributed by atoms with E-state index >= 15 is 0 Å². The number of imide groups is 1. The van der Waals surface area contributed by atoms with Crippen LogP contribution in [0.1, 0.15) is 101 Å². The van der Waals surface area contributed by atoms with Gasteiger partial charge in [0.2, 0.25) is 11.8 Å². The average Bonchev–Trinajstić information content (AvgIpc) is 3.65. The van der Waals surface area contributed by atoms with Gasteiger partial charge < -0.3 is 24.2 Å². The van der Waals surface area contributed by atoms with Gasteiger partial charge in [-0.25, -0.2) is 4.39 Å². The van der Waals surface area contributed by atoms with Gasteiger partial charge in [0.25, 0.3) is 11.8 Å². The number of benzene rings is 3. The molecule has 3 aromatic carbocycles. The molecule has 268 valence electrons. The standard InChI is InChI=1S/C40H45FN4O6/c1-50-35-13-11-29(44-24-27-9-5-6-10-30(27)39(44)48)23-36(35)51-20-8-4-2-3-7-17-43-18-15-26(16-19-43)31-21-28(41)22-32-33(31)25-45(40(32)49)34-12-14-37(46)42-38(34)47/h5-6,9-11,13,21-23,26,34H,2-4,7-8,12,14-20,24-25H2,1H3,(H,42,46,47). The zero-order valence-corrected chi connectivity index (χ0v) is 29.1. The van der Waals surface area contributed by atoms with Gasteiger partial charge in [-0.1, -0.05) is 37.5 Å². The molecule has 4 aliphatic heterocycles. The molecular formula is C40H45FN4O6. The van der Waals surface area contributed by atoms with Crippen LogP contribution in [0.2, 0.25) is 0 Å². The third kappa shape index (κ3) is 7.35. The van der Waals surface area contributed by atoms with Gasteiger partial charge in [-0.3, -0.25) is 24.5 Å². The lowest BCUT2D eigenvalue weighted by molar-refractivity contribution is -0.136. The summed E-state index contributed by atoms with van der Waals surface area (Å²) in [5.41, 5.74) is 4.62. The lowest BCUT2D eigenvalue weighted by Crippen LogP contribution is -2.52. The summed E-state index contributed by atoms with van der Waals surface area (Å²) in [5.74, 6) is -0.0894. The van der Waals surface area contributed by atoms with Gasteiger partial charge in [0.15, 0.2) is 11.5 Å². The first-order valence-electron chi connectivity index (χ1n) is 18.2. The molecule has 1 N–H and O–H groups in total. The monoisotopic (exact) mass is 696 g/mol. The Hall–Kier alpha value is -4.77. The van der Waals surface area contributed by atoms with Crippen LogP contribution in [0.3, 0.4) is 0 Å². The Bertz CT molecular complexity index is 1820. The van der Waals surface area contributed by atoms with Crippen LogP contribution in [0.25, 0.3) is 0 Å². The van der Waals surface area contributed by atoms with Gasteiger partial charge in [-0.05, 0) is 105 Å². The van der Waals surface area contributed by atoms with E-state index in [2.05, 4.69) is 10.2 Å². The van der Waals surface area contributed by atoms with E-state index in [1.165, 1.54) is 11.0 Å². The third-order valence-electron chi connectivity index (χ3n) is 10.8. The topological polar surface area (TPSA) is 108 Å². The number of halogens is 1. The van der Waals surface area contributed by atoms with Crippen molar-refractivity contribution in [3.8, 4) is 11.5 Å². The van der Waals surface area contributed by atoms with Gasteiger partial charge in [0, 0.05) is 35.8 Å². The Morgan fingerprint density at radius 2 is 1.61 bits per heavy atom. The fourth-order valence-corrected chi connectivity index (χ4v) is 8.04. The average molecular weight is 697 g/mol. The van der Waals surface area contributed by atoms with Gasteiger partial charge in [0.05, 0.1) is 20.3 Å². The van der Waals surface area contributed by atoms with E-state index in [0.717, 1.165) is 92.5 Å². The van der Waals surface area contributed by atoms with Crippen LogP contribution in [0.5, 0.6) is 11.5 Å². The molecule has 1 atom stereocenters. The van der Waals surface area contributed by atoms with E-state index in [1.54, 1.807) is 18.1 Å². The second-order valence-electron chi connectivity index (χ2n) is 14.0. The summed E-state index contributed by atoms with van der Waals surface area (Å²) in [6.45, 7) is 4.26. The Morgan fingerprint density at radius 1 is 0.824 bits per heavy atom. The molecule has 2 fully saturated rings. The van der Waals surface area contributed by atoms with Crippen molar-refractivity contribution >= 4 is 29.3 Å². The molecular weight excluding hydrogens is 651 g/mol. The number of hydrogen-bond acceptors (Lipinski definition) is 7. The van der Waals surface area contributed by atoms with Crippen LogP contribution in [0, 0.1) is 5.82 Å². The summed E-state index contributed by atoms with van der Waals surface area (Å²) >= 11 is 0. The Labute approximate surface area is 297 Å². The number of hydrogen-bond donors (Lipinski definition) is 1.